The third-order valence-corrected chi connectivity index (χ3v) is 5.19. The number of hydrogen-bond acceptors (Lipinski definition) is 6. The van der Waals surface area contributed by atoms with Crippen molar-refractivity contribution in [2.45, 2.75) is 6.92 Å². The Labute approximate surface area is 174 Å². The maximum absolute atomic E-state index is 13.0. The highest BCUT2D eigenvalue weighted by atomic mass is 16.5. The topological polar surface area (TPSA) is 84.3 Å². The lowest BCUT2D eigenvalue weighted by Crippen LogP contribution is -2.48. The van der Waals surface area contributed by atoms with Crippen molar-refractivity contribution in [3.05, 3.63) is 66.0 Å². The van der Waals surface area contributed by atoms with Gasteiger partial charge in [0.2, 0.25) is 0 Å². The number of anilines is 2. The van der Waals surface area contributed by atoms with Crippen LogP contribution in [-0.2, 0) is 14.3 Å². The second-order valence-electron chi connectivity index (χ2n) is 7.00. The lowest BCUT2D eigenvalue weighted by atomic mass is 10.2. The van der Waals surface area contributed by atoms with E-state index in [4.69, 9.17) is 4.74 Å². The largest absolute Gasteiger partial charge is 0.462 e. The zero-order chi connectivity index (χ0) is 21.1. The van der Waals surface area contributed by atoms with Crippen molar-refractivity contribution in [2.24, 2.45) is 0 Å². The van der Waals surface area contributed by atoms with Gasteiger partial charge in [0.15, 0.2) is 0 Å². The molecular formula is C22H23N4O4+. The maximum Gasteiger partial charge on any atom is 0.338 e. The Morgan fingerprint density at radius 1 is 1.00 bits per heavy atom. The molecule has 0 unspecified atom stereocenters. The van der Waals surface area contributed by atoms with Gasteiger partial charge in [-0.2, -0.15) is 0 Å². The highest BCUT2D eigenvalue weighted by Crippen LogP contribution is 2.26. The molecule has 0 radical (unpaired) electrons. The molecular weight excluding hydrogens is 384 g/mol. The number of aromatic nitrogens is 1. The molecule has 0 bridgehead atoms. The predicted octanol–water partition coefficient (Wildman–Crippen LogP) is 1.26. The van der Waals surface area contributed by atoms with Crippen molar-refractivity contribution >= 4 is 29.3 Å². The Bertz CT molecular complexity index is 980. The van der Waals surface area contributed by atoms with Gasteiger partial charge >= 0.3 is 5.97 Å². The fourth-order valence-corrected chi connectivity index (χ4v) is 3.66. The highest BCUT2D eigenvalue weighted by Gasteiger charge is 2.37. The van der Waals surface area contributed by atoms with Crippen LogP contribution < -0.4 is 14.8 Å². The van der Waals surface area contributed by atoms with Crippen LogP contribution >= 0.6 is 0 Å². The van der Waals surface area contributed by atoms with Crippen molar-refractivity contribution in [3.63, 3.8) is 0 Å². The van der Waals surface area contributed by atoms with Gasteiger partial charge in [-0.25, -0.2) is 14.7 Å². The number of hydrogen-bond donors (Lipinski definition) is 0. The number of amides is 2. The number of H-pyrrole nitrogens is 1. The molecule has 8 heteroatoms. The summed E-state index contributed by atoms with van der Waals surface area (Å²) in [6, 6.07) is 12.2. The van der Waals surface area contributed by atoms with E-state index in [9.17, 15) is 14.4 Å². The fourth-order valence-electron chi connectivity index (χ4n) is 3.66. The summed E-state index contributed by atoms with van der Waals surface area (Å²) in [5.41, 5.74) is 1.22. The van der Waals surface area contributed by atoms with Crippen LogP contribution in [-0.4, -0.2) is 55.5 Å². The molecule has 2 aliphatic heterocycles. The number of benzene rings is 1. The number of rotatable bonds is 5. The third kappa shape index (κ3) is 3.76. The van der Waals surface area contributed by atoms with Crippen LogP contribution in [0, 0.1) is 0 Å². The van der Waals surface area contributed by atoms with Crippen LogP contribution in [0.3, 0.4) is 0 Å². The van der Waals surface area contributed by atoms with Crippen molar-refractivity contribution < 1.29 is 24.1 Å². The molecule has 1 aromatic carbocycles. The molecule has 2 amide bonds. The second-order valence-corrected chi connectivity index (χ2v) is 7.00. The molecule has 0 spiro atoms. The number of pyridine rings is 1. The van der Waals surface area contributed by atoms with E-state index in [-0.39, 0.29) is 18.4 Å². The van der Waals surface area contributed by atoms with Crippen LogP contribution in [0.1, 0.15) is 17.3 Å². The summed E-state index contributed by atoms with van der Waals surface area (Å²) in [5, 5.41) is 0. The minimum atomic E-state index is -0.435. The van der Waals surface area contributed by atoms with Crippen molar-refractivity contribution in [2.75, 3.05) is 42.6 Å². The van der Waals surface area contributed by atoms with E-state index >= 15 is 0 Å². The number of nitrogens with one attached hydrogen (secondary N) is 1. The molecule has 0 aliphatic carbocycles. The SMILES string of the molecule is CCOC(=O)c1ccc(N2C(=O)C=C(N3CCN(c4cccc[nH+]4)CC3)C2=O)cc1. The number of carbonyl (C=O) groups is 3. The molecule has 2 aromatic rings. The van der Waals surface area contributed by atoms with Gasteiger partial charge in [-0.3, -0.25) is 14.5 Å². The van der Waals surface area contributed by atoms with Crippen LogP contribution in [0.15, 0.2) is 60.4 Å². The highest BCUT2D eigenvalue weighted by molar-refractivity contribution is 6.30. The number of aromatic amines is 1. The van der Waals surface area contributed by atoms with Gasteiger partial charge in [0.1, 0.15) is 18.8 Å². The fraction of sp³-hybridized carbons (Fsp3) is 0.273. The van der Waals surface area contributed by atoms with Crippen LogP contribution in [0.2, 0.25) is 0 Å². The summed E-state index contributed by atoms with van der Waals surface area (Å²) >= 11 is 0. The molecule has 1 N–H and O–H groups in total. The van der Waals surface area contributed by atoms with E-state index in [1.54, 1.807) is 31.2 Å². The number of nitrogens with zero attached hydrogens (tertiary/aromatic N) is 3. The van der Waals surface area contributed by atoms with Crippen molar-refractivity contribution in [3.8, 4) is 0 Å². The molecule has 1 aromatic heterocycles. The smallest absolute Gasteiger partial charge is 0.338 e. The first kappa shape index (κ1) is 19.6. The lowest BCUT2D eigenvalue weighted by molar-refractivity contribution is -0.364. The first-order valence-electron chi connectivity index (χ1n) is 9.92. The van der Waals surface area contributed by atoms with Gasteiger partial charge in [0.25, 0.3) is 17.6 Å². The summed E-state index contributed by atoms with van der Waals surface area (Å²) < 4.78 is 4.96. The van der Waals surface area contributed by atoms with Gasteiger partial charge in [-0.05, 0) is 37.3 Å². The first-order valence-corrected chi connectivity index (χ1v) is 9.92. The normalized spacial score (nSPS) is 16.7. The zero-order valence-electron chi connectivity index (χ0n) is 16.7. The number of ether oxygens (including phenoxy) is 1. The van der Waals surface area contributed by atoms with Gasteiger partial charge in [-0.1, -0.05) is 6.07 Å². The molecule has 154 valence electrons. The number of esters is 1. The van der Waals surface area contributed by atoms with E-state index in [0.29, 0.717) is 30.0 Å². The Balaban J connectivity index is 1.43. The lowest BCUT2D eigenvalue weighted by Gasteiger charge is -2.32. The summed E-state index contributed by atoms with van der Waals surface area (Å²) in [4.78, 5) is 45.8. The second kappa shape index (κ2) is 8.36. The van der Waals surface area contributed by atoms with Crippen LogP contribution in [0.5, 0.6) is 0 Å². The van der Waals surface area contributed by atoms with E-state index in [1.165, 1.54) is 6.08 Å². The molecule has 0 saturated carbocycles. The Hall–Kier alpha value is -3.68. The Kier molecular flexibility index (Phi) is 5.47. The van der Waals surface area contributed by atoms with Gasteiger partial charge in [-0.15, -0.1) is 0 Å². The van der Waals surface area contributed by atoms with E-state index in [2.05, 4.69) is 9.88 Å². The monoisotopic (exact) mass is 407 g/mol. The molecule has 8 nitrogen and oxygen atoms in total. The standard InChI is InChI=1S/C22H22N4O4/c1-2-30-22(29)16-6-8-17(9-7-16)26-20(27)15-18(21(26)28)24-11-13-25(14-12-24)19-5-3-4-10-23-19/h3-10,15H,2,11-14H2,1H3/p+1. The van der Waals surface area contributed by atoms with Crippen LogP contribution in [0.25, 0.3) is 0 Å². The quantitative estimate of drug-likeness (QED) is 0.548. The Morgan fingerprint density at radius 2 is 1.70 bits per heavy atom. The molecule has 30 heavy (non-hydrogen) atoms. The van der Waals surface area contributed by atoms with Crippen molar-refractivity contribution in [1.82, 2.24) is 4.90 Å². The predicted molar refractivity (Wildman–Crippen MR) is 110 cm³/mol. The first-order chi connectivity index (χ1) is 14.6. The summed E-state index contributed by atoms with van der Waals surface area (Å²) in [7, 11) is 0. The summed E-state index contributed by atoms with van der Waals surface area (Å²) in [6.07, 6.45) is 3.28. The summed E-state index contributed by atoms with van der Waals surface area (Å²) in [5.74, 6) is -0.125. The Morgan fingerprint density at radius 3 is 2.33 bits per heavy atom. The molecule has 4 rings (SSSR count). The van der Waals surface area contributed by atoms with E-state index in [1.807, 2.05) is 29.3 Å². The van der Waals surface area contributed by atoms with Crippen molar-refractivity contribution in [1.29, 1.82) is 0 Å². The van der Waals surface area contributed by atoms with E-state index in [0.717, 1.165) is 23.8 Å². The number of piperazine rings is 1. The maximum atomic E-state index is 13.0. The van der Waals surface area contributed by atoms with Crippen LogP contribution in [0.4, 0.5) is 11.5 Å². The average Bonchev–Trinajstić information content (AvgIpc) is 3.08. The van der Waals surface area contributed by atoms with Gasteiger partial charge in [0.05, 0.1) is 37.1 Å². The van der Waals surface area contributed by atoms with Gasteiger partial charge < -0.3 is 9.64 Å². The average molecular weight is 407 g/mol. The molecule has 2 aliphatic rings. The molecule has 0 atom stereocenters. The molecule has 3 heterocycles. The minimum absolute atomic E-state index is 0.284. The zero-order valence-corrected chi connectivity index (χ0v) is 16.7. The summed E-state index contributed by atoms with van der Waals surface area (Å²) in [6.45, 7) is 4.79. The third-order valence-electron chi connectivity index (χ3n) is 5.19. The molecule has 1 saturated heterocycles. The number of imide groups is 1. The number of carbonyl (C=O) groups excluding carboxylic acids is 3. The van der Waals surface area contributed by atoms with Gasteiger partial charge in [0, 0.05) is 12.1 Å². The molecule has 1 fully saturated rings. The van der Waals surface area contributed by atoms with E-state index < -0.39 is 5.97 Å². The minimum Gasteiger partial charge on any atom is -0.462 e.